The van der Waals surface area contributed by atoms with Crippen molar-refractivity contribution < 1.29 is 22.8 Å². The van der Waals surface area contributed by atoms with Gasteiger partial charge in [0.15, 0.2) is 0 Å². The highest BCUT2D eigenvalue weighted by atomic mass is 19.4. The molecule has 2 aromatic rings. The number of hydrogen-bond donors (Lipinski definition) is 0. The Hall–Kier alpha value is -2.97. The van der Waals surface area contributed by atoms with Crippen LogP contribution in [0.25, 0.3) is 0 Å². The van der Waals surface area contributed by atoms with Crippen molar-refractivity contribution in [3.05, 3.63) is 58.1 Å². The first kappa shape index (κ1) is 19.8. The first-order chi connectivity index (χ1) is 13.3. The van der Waals surface area contributed by atoms with E-state index in [1.165, 1.54) is 6.07 Å². The summed E-state index contributed by atoms with van der Waals surface area (Å²) >= 11 is 0. The molecule has 1 aliphatic heterocycles. The second kappa shape index (κ2) is 7.95. The number of benzene rings is 2. The van der Waals surface area contributed by atoms with Crippen molar-refractivity contribution in [2.45, 2.75) is 12.6 Å². The van der Waals surface area contributed by atoms with E-state index in [0.717, 1.165) is 30.5 Å². The number of anilines is 2. The topological polar surface area (TPSA) is 58.8 Å². The van der Waals surface area contributed by atoms with Gasteiger partial charge in [0.1, 0.15) is 11.4 Å². The monoisotopic (exact) mass is 395 g/mol. The van der Waals surface area contributed by atoms with Crippen molar-refractivity contribution in [1.82, 2.24) is 0 Å². The lowest BCUT2D eigenvalue weighted by Gasteiger charge is -2.25. The van der Waals surface area contributed by atoms with Gasteiger partial charge in [-0.3, -0.25) is 10.1 Å². The lowest BCUT2D eigenvalue weighted by Crippen LogP contribution is -2.31. The highest BCUT2D eigenvalue weighted by Crippen LogP contribution is 2.37. The van der Waals surface area contributed by atoms with Gasteiger partial charge in [0.25, 0.3) is 5.69 Å². The minimum Gasteiger partial charge on any atom is -0.497 e. The molecule has 0 amide bonds. The van der Waals surface area contributed by atoms with E-state index in [1.807, 2.05) is 24.3 Å². The van der Waals surface area contributed by atoms with Crippen molar-refractivity contribution in [1.29, 1.82) is 0 Å². The Kier molecular flexibility index (Phi) is 5.62. The molecule has 0 saturated carbocycles. The molecule has 1 heterocycles. The van der Waals surface area contributed by atoms with Gasteiger partial charge in [-0.15, -0.1) is 0 Å². The Bertz CT molecular complexity index is 841. The van der Waals surface area contributed by atoms with Crippen LogP contribution < -0.4 is 14.5 Å². The fourth-order valence-electron chi connectivity index (χ4n) is 3.32. The van der Waals surface area contributed by atoms with Crippen LogP contribution in [0.2, 0.25) is 0 Å². The smallest absolute Gasteiger partial charge is 0.416 e. The number of halogens is 3. The Morgan fingerprint density at radius 2 is 1.64 bits per heavy atom. The molecule has 1 fully saturated rings. The Balaban J connectivity index is 1.80. The van der Waals surface area contributed by atoms with Crippen molar-refractivity contribution >= 4 is 17.1 Å². The molecule has 0 spiro atoms. The van der Waals surface area contributed by atoms with E-state index in [1.54, 1.807) is 12.0 Å². The van der Waals surface area contributed by atoms with Gasteiger partial charge in [0.05, 0.1) is 17.6 Å². The number of methoxy groups -OCH3 is 1. The fraction of sp³-hybridized carbons (Fsp3) is 0.368. The van der Waals surface area contributed by atoms with E-state index >= 15 is 0 Å². The summed E-state index contributed by atoms with van der Waals surface area (Å²) in [6.45, 7) is 2.35. The number of ether oxygens (including phenoxy) is 1. The number of nitro benzene ring substituents is 1. The number of alkyl halides is 3. The number of nitro groups is 1. The van der Waals surface area contributed by atoms with Gasteiger partial charge in [0.2, 0.25) is 0 Å². The van der Waals surface area contributed by atoms with Crippen LogP contribution in [0.5, 0.6) is 5.75 Å². The number of nitrogens with zero attached hydrogens (tertiary/aromatic N) is 3. The first-order valence-electron chi connectivity index (χ1n) is 8.79. The molecule has 3 rings (SSSR count). The van der Waals surface area contributed by atoms with Gasteiger partial charge in [-0.05, 0) is 42.8 Å². The normalized spacial score (nSPS) is 15.3. The SMILES string of the molecule is COc1ccc(N2CCCN(c3ccc(C(F)(F)F)cc3[N+](=O)[O-])CC2)cc1. The predicted molar refractivity (Wildman–Crippen MR) is 100 cm³/mol. The molecule has 0 unspecified atom stereocenters. The number of rotatable bonds is 4. The second-order valence-corrected chi connectivity index (χ2v) is 6.48. The fourth-order valence-corrected chi connectivity index (χ4v) is 3.32. The maximum atomic E-state index is 12.9. The molecule has 1 aliphatic rings. The minimum atomic E-state index is -4.62. The van der Waals surface area contributed by atoms with E-state index in [0.29, 0.717) is 25.7 Å². The highest BCUT2D eigenvalue weighted by molar-refractivity contribution is 5.65. The van der Waals surface area contributed by atoms with Crippen molar-refractivity contribution in [2.75, 3.05) is 43.1 Å². The zero-order valence-electron chi connectivity index (χ0n) is 15.3. The quantitative estimate of drug-likeness (QED) is 0.569. The molecule has 2 aromatic carbocycles. The number of hydrogen-bond acceptors (Lipinski definition) is 5. The van der Waals surface area contributed by atoms with Gasteiger partial charge >= 0.3 is 6.18 Å². The largest absolute Gasteiger partial charge is 0.497 e. The maximum absolute atomic E-state index is 12.9. The lowest BCUT2D eigenvalue weighted by atomic mass is 10.1. The Labute approximate surface area is 160 Å². The zero-order valence-corrected chi connectivity index (χ0v) is 15.3. The summed E-state index contributed by atoms with van der Waals surface area (Å²) in [5.41, 5.74) is -0.315. The molecule has 0 N–H and O–H groups in total. The summed E-state index contributed by atoms with van der Waals surface area (Å²) in [5, 5.41) is 11.4. The van der Waals surface area contributed by atoms with Crippen LogP contribution in [0.15, 0.2) is 42.5 Å². The second-order valence-electron chi connectivity index (χ2n) is 6.48. The van der Waals surface area contributed by atoms with Crippen LogP contribution in [0.4, 0.5) is 30.2 Å². The summed E-state index contributed by atoms with van der Waals surface area (Å²) in [6.07, 6.45) is -3.89. The van der Waals surface area contributed by atoms with E-state index in [9.17, 15) is 23.3 Å². The predicted octanol–water partition coefficient (Wildman–Crippen LogP) is 4.34. The lowest BCUT2D eigenvalue weighted by molar-refractivity contribution is -0.384. The molecule has 0 atom stereocenters. The van der Waals surface area contributed by atoms with Gasteiger partial charge in [-0.1, -0.05) is 0 Å². The molecule has 6 nitrogen and oxygen atoms in total. The standard InChI is InChI=1S/C19H20F3N3O3/c1-28-16-6-4-15(5-7-16)23-9-2-10-24(12-11-23)17-8-3-14(19(20,21)22)13-18(17)25(26)27/h3-8,13H,2,9-12H2,1H3. The maximum Gasteiger partial charge on any atom is 0.416 e. The van der Waals surface area contributed by atoms with Crippen LogP contribution >= 0.6 is 0 Å². The van der Waals surface area contributed by atoms with E-state index in [-0.39, 0.29) is 5.69 Å². The summed E-state index contributed by atoms with van der Waals surface area (Å²) in [6, 6.07) is 10.3. The highest BCUT2D eigenvalue weighted by Gasteiger charge is 2.34. The average molecular weight is 395 g/mol. The van der Waals surface area contributed by atoms with Crippen LogP contribution in [0.3, 0.4) is 0 Å². The van der Waals surface area contributed by atoms with Crippen molar-refractivity contribution in [2.24, 2.45) is 0 Å². The molecule has 28 heavy (non-hydrogen) atoms. The molecule has 150 valence electrons. The van der Waals surface area contributed by atoms with E-state index < -0.39 is 22.4 Å². The summed E-state index contributed by atoms with van der Waals surface area (Å²) in [5.74, 6) is 0.751. The van der Waals surface area contributed by atoms with Gasteiger partial charge in [0, 0.05) is 37.9 Å². The van der Waals surface area contributed by atoms with E-state index in [4.69, 9.17) is 4.74 Å². The van der Waals surface area contributed by atoms with E-state index in [2.05, 4.69) is 4.90 Å². The van der Waals surface area contributed by atoms with Crippen LogP contribution in [-0.2, 0) is 6.18 Å². The minimum absolute atomic E-state index is 0.217. The average Bonchev–Trinajstić information content (AvgIpc) is 2.93. The molecule has 9 heteroatoms. The molecular formula is C19H20F3N3O3. The Morgan fingerprint density at radius 3 is 2.25 bits per heavy atom. The molecule has 1 saturated heterocycles. The van der Waals surface area contributed by atoms with Crippen LogP contribution in [0.1, 0.15) is 12.0 Å². The summed E-state index contributed by atoms with van der Waals surface area (Å²) in [7, 11) is 1.59. The third kappa shape index (κ3) is 4.29. The van der Waals surface area contributed by atoms with Gasteiger partial charge in [-0.25, -0.2) is 0 Å². The molecule has 0 aromatic heterocycles. The third-order valence-electron chi connectivity index (χ3n) is 4.77. The van der Waals surface area contributed by atoms with Crippen LogP contribution in [-0.4, -0.2) is 38.2 Å². The van der Waals surface area contributed by atoms with Crippen LogP contribution in [0, 0.1) is 10.1 Å². The molecule has 0 aliphatic carbocycles. The van der Waals surface area contributed by atoms with Crippen molar-refractivity contribution in [3.8, 4) is 5.75 Å². The Morgan fingerprint density at radius 1 is 1.00 bits per heavy atom. The van der Waals surface area contributed by atoms with Gasteiger partial charge in [-0.2, -0.15) is 13.2 Å². The molecule has 0 bridgehead atoms. The third-order valence-corrected chi connectivity index (χ3v) is 4.77. The molecule has 0 radical (unpaired) electrons. The van der Waals surface area contributed by atoms with Crippen molar-refractivity contribution in [3.63, 3.8) is 0 Å². The first-order valence-corrected chi connectivity index (χ1v) is 8.79. The summed E-state index contributed by atoms with van der Waals surface area (Å²) in [4.78, 5) is 14.5. The zero-order chi connectivity index (χ0) is 20.3. The van der Waals surface area contributed by atoms with Gasteiger partial charge < -0.3 is 14.5 Å². The summed E-state index contributed by atoms with van der Waals surface area (Å²) < 4.78 is 43.9. The molecular weight excluding hydrogens is 375 g/mol.